The van der Waals surface area contributed by atoms with Gasteiger partial charge in [0.15, 0.2) is 5.75 Å². The molecule has 8 aromatic carbocycles. The molecule has 8 aromatic rings. The summed E-state index contributed by atoms with van der Waals surface area (Å²) >= 11 is 0. The fourth-order valence-corrected chi connectivity index (χ4v) is 10.1. The Morgan fingerprint density at radius 3 is 1.37 bits per heavy atom. The molecule has 0 aliphatic heterocycles. The lowest BCUT2D eigenvalue weighted by Gasteiger charge is -2.16. The van der Waals surface area contributed by atoms with Crippen molar-refractivity contribution in [3.05, 3.63) is 179 Å². The molecule has 0 heterocycles. The highest BCUT2D eigenvalue weighted by Crippen LogP contribution is 2.46. The molecule has 0 aliphatic carbocycles. The van der Waals surface area contributed by atoms with Crippen LogP contribution in [0.15, 0.2) is 175 Å². The van der Waals surface area contributed by atoms with E-state index in [1.165, 1.54) is 48.6 Å². The highest BCUT2D eigenvalue weighted by Gasteiger charge is 2.28. The van der Waals surface area contributed by atoms with Gasteiger partial charge in [-0.05, 0) is 113 Å². The molecule has 0 aromatic heterocycles. The molecule has 0 aliphatic rings. The first-order valence-electron chi connectivity index (χ1n) is 20.9. The van der Waals surface area contributed by atoms with Crippen molar-refractivity contribution in [2.75, 3.05) is 10.6 Å². The molecule has 0 fully saturated rings. The number of anilines is 2. The summed E-state index contributed by atoms with van der Waals surface area (Å²) in [4.78, 5) is 22.9. The molecular formula is C49H36N4O16S4. The first kappa shape index (κ1) is 51.2. The van der Waals surface area contributed by atoms with Crippen molar-refractivity contribution >= 4 is 109 Å². The van der Waals surface area contributed by atoms with Gasteiger partial charge in [0, 0.05) is 27.5 Å². The molecule has 0 bridgehead atoms. The fraction of sp³-hybridized carbons (Fsp3) is 0.0204. The Morgan fingerprint density at radius 1 is 0.479 bits per heavy atom. The number of phenolic OH excluding ortho intramolecular Hbond substituents is 2. The Bertz CT molecular complexity index is 3820. The Labute approximate surface area is 415 Å². The largest absolute Gasteiger partial charge is 0.507 e. The average Bonchev–Trinajstić information content (AvgIpc) is 3.33. The summed E-state index contributed by atoms with van der Waals surface area (Å²) in [6.07, 6.45) is 2.97. The van der Waals surface area contributed by atoms with Gasteiger partial charge < -0.3 is 20.8 Å². The molecule has 8 rings (SSSR count). The van der Waals surface area contributed by atoms with Gasteiger partial charge in [0.25, 0.3) is 52.3 Å². The van der Waals surface area contributed by atoms with E-state index in [0.717, 1.165) is 47.5 Å². The van der Waals surface area contributed by atoms with Crippen LogP contribution < -0.4 is 10.6 Å². The third-order valence-corrected chi connectivity index (χ3v) is 14.5. The molecule has 372 valence electrons. The molecule has 0 unspecified atom stereocenters. The zero-order valence-electron chi connectivity index (χ0n) is 37.0. The number of carbonyl (C=O) groups is 2. The van der Waals surface area contributed by atoms with E-state index in [-0.39, 0.29) is 49.7 Å². The third-order valence-electron chi connectivity index (χ3n) is 11.1. The highest BCUT2D eigenvalue weighted by atomic mass is 32.2. The summed E-state index contributed by atoms with van der Waals surface area (Å²) in [6.45, 7) is 0. The minimum absolute atomic E-state index is 0.128. The van der Waals surface area contributed by atoms with Crippen molar-refractivity contribution < 1.29 is 71.7 Å². The number of amides is 2. The standard InChI is InChI=1S/C49H36N4O16S4/c54-46-38(41(72(64,65)66)24-33-22-36(70(58,59)60)26-39(43(33)46)50-48(56)31-7-3-1-4-8-31)20-17-28-11-13-29(14-12-28)21-30-15-18-35(19-16-30)52-53-45-42(73(67,68)69)25-34-23-37(71(61,62)63)27-40(44(34)47(45)55)51-49(57)32-9-5-2-6-10-32/h1-20,22-27,54-55H,21H2,(H,50,56)(H,51,57)(H,58,59,60)(H,61,62,63)(H,64,65,66)(H,67,68,69). The van der Waals surface area contributed by atoms with Gasteiger partial charge in [-0.3, -0.25) is 27.8 Å². The zero-order chi connectivity index (χ0) is 52.6. The van der Waals surface area contributed by atoms with Gasteiger partial charge in [0.1, 0.15) is 21.2 Å². The van der Waals surface area contributed by atoms with Crippen molar-refractivity contribution in [3.63, 3.8) is 0 Å². The van der Waals surface area contributed by atoms with Gasteiger partial charge in [0.05, 0.1) is 26.9 Å². The van der Waals surface area contributed by atoms with Crippen LogP contribution in [0.2, 0.25) is 0 Å². The second-order valence-corrected chi connectivity index (χ2v) is 21.6. The van der Waals surface area contributed by atoms with Crippen LogP contribution in [0.5, 0.6) is 11.5 Å². The molecule has 0 atom stereocenters. The summed E-state index contributed by atoms with van der Waals surface area (Å²) in [5.74, 6) is -3.16. The lowest BCUT2D eigenvalue weighted by atomic mass is 10.0. The number of rotatable bonds is 14. The van der Waals surface area contributed by atoms with E-state index < -0.39 is 94.6 Å². The fourth-order valence-electron chi connectivity index (χ4n) is 7.63. The van der Waals surface area contributed by atoms with Crippen molar-refractivity contribution in [2.24, 2.45) is 10.2 Å². The number of carbonyl (C=O) groups excluding carboxylic acids is 2. The number of azo groups is 1. The van der Waals surface area contributed by atoms with Crippen LogP contribution in [0.1, 0.15) is 43.0 Å². The van der Waals surface area contributed by atoms with Gasteiger partial charge in [-0.15, -0.1) is 5.11 Å². The number of benzene rings is 8. The number of aromatic hydroxyl groups is 2. The van der Waals surface area contributed by atoms with E-state index in [0.29, 0.717) is 12.0 Å². The normalized spacial score (nSPS) is 12.4. The minimum Gasteiger partial charge on any atom is -0.507 e. The minimum atomic E-state index is -5.18. The summed E-state index contributed by atoms with van der Waals surface area (Å²) in [5, 5.41) is 34.8. The molecule has 24 heteroatoms. The van der Waals surface area contributed by atoms with Gasteiger partial charge >= 0.3 is 0 Å². The first-order valence-corrected chi connectivity index (χ1v) is 26.7. The smallest absolute Gasteiger partial charge is 0.296 e. The molecule has 73 heavy (non-hydrogen) atoms. The first-order chi connectivity index (χ1) is 34.3. The van der Waals surface area contributed by atoms with Gasteiger partial charge in [-0.1, -0.05) is 78.9 Å². The van der Waals surface area contributed by atoms with Crippen LogP contribution in [0.3, 0.4) is 0 Å². The Balaban J connectivity index is 1.05. The number of hydrogen-bond acceptors (Lipinski definition) is 14. The predicted molar refractivity (Wildman–Crippen MR) is 268 cm³/mol. The molecule has 0 saturated heterocycles. The van der Waals surface area contributed by atoms with Crippen molar-refractivity contribution in [2.45, 2.75) is 26.0 Å². The second-order valence-electron chi connectivity index (χ2n) is 16.0. The van der Waals surface area contributed by atoms with E-state index in [4.69, 9.17) is 0 Å². The maximum absolute atomic E-state index is 13.1. The van der Waals surface area contributed by atoms with Gasteiger partial charge in [0.2, 0.25) is 0 Å². The molecule has 0 radical (unpaired) electrons. The third kappa shape index (κ3) is 11.5. The van der Waals surface area contributed by atoms with E-state index in [1.54, 1.807) is 72.8 Å². The van der Waals surface area contributed by atoms with E-state index in [9.17, 15) is 71.7 Å². The zero-order valence-corrected chi connectivity index (χ0v) is 40.3. The molecule has 0 saturated carbocycles. The van der Waals surface area contributed by atoms with Crippen molar-refractivity contribution in [1.29, 1.82) is 0 Å². The molecule has 0 spiro atoms. The van der Waals surface area contributed by atoms with Crippen LogP contribution >= 0.6 is 0 Å². The number of nitrogens with zero attached hydrogens (tertiary/aromatic N) is 2. The molecule has 2 amide bonds. The molecular weight excluding hydrogens is 1030 g/mol. The SMILES string of the molecule is O=C(Nc1cc(S(=O)(=O)O)cc2cc(S(=O)(=O)O)c(C=Cc3ccc(Cc4ccc(N=Nc5c(S(=O)(=O)O)cc6cc(S(=O)(=O)O)cc(NC(=O)c7ccccc7)c6c5O)cc4)cc3)c(O)c12)c1ccccc1. The maximum atomic E-state index is 13.1. The topological polar surface area (TPSA) is 341 Å². The summed E-state index contributed by atoms with van der Waals surface area (Å²) in [5.41, 5.74) is 0.601. The number of nitrogens with one attached hydrogen (secondary N) is 2. The summed E-state index contributed by atoms with van der Waals surface area (Å²) < 4.78 is 139. The monoisotopic (exact) mass is 1060 g/mol. The maximum Gasteiger partial charge on any atom is 0.296 e. The van der Waals surface area contributed by atoms with Crippen LogP contribution in [0.4, 0.5) is 22.7 Å². The summed E-state index contributed by atoms with van der Waals surface area (Å²) in [6, 6.07) is 33.6. The van der Waals surface area contributed by atoms with Crippen LogP contribution in [0.25, 0.3) is 33.7 Å². The van der Waals surface area contributed by atoms with Crippen LogP contribution in [-0.4, -0.2) is 73.9 Å². The Hall–Kier alpha value is -8.20. The van der Waals surface area contributed by atoms with Gasteiger partial charge in [-0.25, -0.2) is 0 Å². The van der Waals surface area contributed by atoms with Crippen molar-refractivity contribution in [3.8, 4) is 11.5 Å². The molecule has 8 N–H and O–H groups in total. The lowest BCUT2D eigenvalue weighted by molar-refractivity contribution is 0.101. The van der Waals surface area contributed by atoms with Gasteiger partial charge in [-0.2, -0.15) is 38.8 Å². The Kier molecular flexibility index (Phi) is 13.9. The quantitative estimate of drug-likeness (QED) is 0.0286. The summed E-state index contributed by atoms with van der Waals surface area (Å²) in [7, 11) is -20.1. The average molecular weight is 1070 g/mol. The number of hydrogen-bond donors (Lipinski definition) is 8. The molecule has 20 nitrogen and oxygen atoms in total. The second kappa shape index (κ2) is 19.8. The van der Waals surface area contributed by atoms with Crippen LogP contribution in [0, 0.1) is 0 Å². The number of phenols is 2. The van der Waals surface area contributed by atoms with E-state index >= 15 is 0 Å². The van der Waals surface area contributed by atoms with E-state index in [1.807, 2.05) is 0 Å². The van der Waals surface area contributed by atoms with Crippen LogP contribution in [-0.2, 0) is 46.9 Å². The van der Waals surface area contributed by atoms with E-state index in [2.05, 4.69) is 20.9 Å². The lowest BCUT2D eigenvalue weighted by Crippen LogP contribution is -2.13. The highest BCUT2D eigenvalue weighted by molar-refractivity contribution is 7.86. The Morgan fingerprint density at radius 2 is 0.918 bits per heavy atom. The van der Waals surface area contributed by atoms with Crippen molar-refractivity contribution in [1.82, 2.24) is 0 Å². The predicted octanol–water partition coefficient (Wildman–Crippen LogP) is 9.07. The number of fused-ring (bicyclic) bond motifs is 2.